The van der Waals surface area contributed by atoms with E-state index in [-0.39, 0.29) is 24.8 Å². The van der Waals surface area contributed by atoms with Gasteiger partial charge in [-0.25, -0.2) is 0 Å². The molecule has 12 heteroatoms. The Morgan fingerprint density at radius 2 is 0.808 bits per heavy atom. The number of aromatic nitrogens is 2. The third kappa shape index (κ3) is 14.4. The van der Waals surface area contributed by atoms with E-state index in [4.69, 9.17) is 0 Å². The summed E-state index contributed by atoms with van der Waals surface area (Å²) in [5.74, 6) is 0. The van der Waals surface area contributed by atoms with E-state index in [1.54, 1.807) is 36.4 Å². The van der Waals surface area contributed by atoms with Crippen LogP contribution in [0.4, 0.5) is 26.3 Å². The highest BCUT2D eigenvalue weighted by Gasteiger charge is 2.31. The van der Waals surface area contributed by atoms with Crippen molar-refractivity contribution >= 4 is 0 Å². The predicted molar refractivity (Wildman–Crippen MR) is 68.3 cm³/mol. The van der Waals surface area contributed by atoms with Gasteiger partial charge in [0.25, 0.3) is 13.2 Å². The summed E-state index contributed by atoms with van der Waals surface area (Å²) < 4.78 is 71.6. The number of hydrogen-bond donors (Lipinski definition) is 0. The summed E-state index contributed by atoms with van der Waals surface area (Å²) in [6.45, 7) is -2.55. The van der Waals surface area contributed by atoms with Gasteiger partial charge in [-0.15, -0.1) is 0 Å². The highest BCUT2D eigenvalue weighted by atomic mass is 35.5. The van der Waals surface area contributed by atoms with Crippen molar-refractivity contribution in [1.82, 2.24) is 0 Å². The minimum atomic E-state index is -4.29. The van der Waals surface area contributed by atoms with E-state index in [1.165, 1.54) is 24.8 Å². The van der Waals surface area contributed by atoms with Crippen LogP contribution in [0.1, 0.15) is 0 Å². The SMILES string of the molecule is FC(F)(F)CO[n+]1ccccc1.FC(F)(F)CO[n+]1ccccc1.[Cl-].[Cl-]. The predicted octanol–water partition coefficient (Wildman–Crippen LogP) is -4.06. The lowest BCUT2D eigenvalue weighted by atomic mass is 10.5. The van der Waals surface area contributed by atoms with Gasteiger partial charge in [-0.3, -0.25) is 9.68 Å². The fraction of sp³-hybridized carbons (Fsp3) is 0.286. The lowest BCUT2D eigenvalue weighted by Crippen LogP contribution is -3.00. The van der Waals surface area contributed by atoms with Crippen LogP contribution < -0.4 is 44.0 Å². The molecule has 4 nitrogen and oxygen atoms in total. The topological polar surface area (TPSA) is 26.2 Å². The smallest absolute Gasteiger partial charge is 0.429 e. The first-order valence-electron chi connectivity index (χ1n) is 6.48. The maximum Gasteiger partial charge on any atom is 0.429 e. The first-order chi connectivity index (χ1) is 11.2. The molecule has 0 spiro atoms. The zero-order valence-electron chi connectivity index (χ0n) is 12.9. The van der Waals surface area contributed by atoms with E-state index in [2.05, 4.69) is 9.68 Å². The Bertz CT molecular complexity index is 532. The van der Waals surface area contributed by atoms with Crippen LogP contribution in [0, 0.1) is 0 Å². The molecule has 0 aromatic carbocycles. The first-order valence-corrected chi connectivity index (χ1v) is 6.48. The number of halogens is 8. The molecule has 0 aliphatic rings. The molecule has 0 atom stereocenters. The van der Waals surface area contributed by atoms with E-state index in [1.807, 2.05) is 0 Å². The normalized spacial score (nSPS) is 10.4. The van der Waals surface area contributed by atoms with Crippen molar-refractivity contribution in [3.8, 4) is 0 Å². The quantitative estimate of drug-likeness (QED) is 0.367. The Kier molecular flexibility index (Phi) is 12.6. The van der Waals surface area contributed by atoms with Gasteiger partial charge in [0.1, 0.15) is 0 Å². The number of nitrogens with zero attached hydrogens (tertiary/aromatic N) is 2. The van der Waals surface area contributed by atoms with Crippen LogP contribution in [0.5, 0.6) is 0 Å². The number of hydrogen-bond acceptors (Lipinski definition) is 2. The van der Waals surface area contributed by atoms with Crippen LogP contribution in [0.3, 0.4) is 0 Å². The van der Waals surface area contributed by atoms with Crippen molar-refractivity contribution in [1.29, 1.82) is 0 Å². The van der Waals surface area contributed by atoms with Gasteiger partial charge < -0.3 is 24.8 Å². The van der Waals surface area contributed by atoms with E-state index in [0.717, 1.165) is 9.46 Å². The molecule has 0 radical (unpaired) electrons. The molecule has 0 aliphatic heterocycles. The molecule has 2 rings (SSSR count). The van der Waals surface area contributed by atoms with Gasteiger partial charge in [-0.1, -0.05) is 12.1 Å². The molecule has 2 aromatic rings. The van der Waals surface area contributed by atoms with E-state index in [0.29, 0.717) is 0 Å². The van der Waals surface area contributed by atoms with Crippen molar-refractivity contribution in [2.75, 3.05) is 13.2 Å². The molecule has 26 heavy (non-hydrogen) atoms. The maximum absolute atomic E-state index is 11.6. The zero-order chi connectivity index (χ0) is 18.1. The zero-order valence-corrected chi connectivity index (χ0v) is 14.4. The molecule has 0 fully saturated rings. The summed E-state index contributed by atoms with van der Waals surface area (Å²) in [6.07, 6.45) is -3.00. The summed E-state index contributed by atoms with van der Waals surface area (Å²) in [5.41, 5.74) is 0. The van der Waals surface area contributed by atoms with Crippen LogP contribution in [-0.2, 0) is 0 Å². The number of alkyl halides is 6. The van der Waals surface area contributed by atoms with Gasteiger partial charge in [-0.05, 0) is 0 Å². The third-order valence-electron chi connectivity index (χ3n) is 2.13. The van der Waals surface area contributed by atoms with Gasteiger partial charge in [0.05, 0.1) is 0 Å². The van der Waals surface area contributed by atoms with E-state index >= 15 is 0 Å². The van der Waals surface area contributed by atoms with Crippen LogP contribution in [0.15, 0.2) is 61.2 Å². The molecular formula is C14H14Cl2F6N2O2. The Labute approximate surface area is 157 Å². The molecular weight excluding hydrogens is 413 g/mol. The van der Waals surface area contributed by atoms with E-state index < -0.39 is 25.6 Å². The van der Waals surface area contributed by atoms with Gasteiger partial charge >= 0.3 is 12.4 Å². The van der Waals surface area contributed by atoms with Crippen molar-refractivity contribution in [3.63, 3.8) is 0 Å². The molecule has 0 saturated heterocycles. The minimum absolute atomic E-state index is 0. The summed E-state index contributed by atoms with van der Waals surface area (Å²) in [7, 11) is 0. The fourth-order valence-corrected chi connectivity index (χ4v) is 1.23. The second-order valence-electron chi connectivity index (χ2n) is 4.25. The van der Waals surface area contributed by atoms with Gasteiger partial charge in [0, 0.05) is 33.7 Å². The fourth-order valence-electron chi connectivity index (χ4n) is 1.23. The maximum atomic E-state index is 11.6. The number of rotatable bonds is 4. The van der Waals surface area contributed by atoms with Crippen molar-refractivity contribution in [2.45, 2.75) is 12.4 Å². The van der Waals surface area contributed by atoms with Crippen LogP contribution >= 0.6 is 0 Å². The largest absolute Gasteiger partial charge is 1.00 e. The highest BCUT2D eigenvalue weighted by Crippen LogP contribution is 2.12. The summed E-state index contributed by atoms with van der Waals surface area (Å²) in [6, 6.07) is 9.69. The molecule has 2 aromatic heterocycles. The van der Waals surface area contributed by atoms with Crippen LogP contribution in [-0.4, -0.2) is 25.6 Å². The molecule has 2 heterocycles. The molecule has 0 aliphatic carbocycles. The minimum Gasteiger partial charge on any atom is -1.00 e. The van der Waals surface area contributed by atoms with Gasteiger partial charge in [0.2, 0.25) is 24.8 Å². The Hall–Kier alpha value is -1.94. The molecule has 0 saturated carbocycles. The second-order valence-corrected chi connectivity index (χ2v) is 4.25. The second kappa shape index (κ2) is 12.4. The molecule has 0 N–H and O–H groups in total. The van der Waals surface area contributed by atoms with Crippen molar-refractivity contribution in [3.05, 3.63) is 61.2 Å². The summed E-state index contributed by atoms with van der Waals surface area (Å²) in [4.78, 5) is 8.72. The van der Waals surface area contributed by atoms with Crippen molar-refractivity contribution < 1.29 is 70.3 Å². The number of pyridine rings is 2. The Morgan fingerprint density at radius 1 is 0.538 bits per heavy atom. The first kappa shape index (κ1) is 26.3. The monoisotopic (exact) mass is 426 g/mol. The molecule has 0 bridgehead atoms. The lowest BCUT2D eigenvalue weighted by Gasteiger charge is -2.01. The molecule has 0 unspecified atom stereocenters. The summed E-state index contributed by atoms with van der Waals surface area (Å²) in [5, 5.41) is 0. The van der Waals surface area contributed by atoms with Crippen molar-refractivity contribution in [2.24, 2.45) is 0 Å². The third-order valence-corrected chi connectivity index (χ3v) is 2.13. The average Bonchev–Trinajstić information content (AvgIpc) is 2.52. The average molecular weight is 427 g/mol. The van der Waals surface area contributed by atoms with E-state index in [9.17, 15) is 26.3 Å². The molecule has 0 amide bonds. The Morgan fingerprint density at radius 3 is 1.04 bits per heavy atom. The highest BCUT2D eigenvalue weighted by molar-refractivity contribution is 4.83. The summed E-state index contributed by atoms with van der Waals surface area (Å²) >= 11 is 0. The molecule has 148 valence electrons. The van der Waals surface area contributed by atoms with Gasteiger partial charge in [0.15, 0.2) is 0 Å². The lowest BCUT2D eigenvalue weighted by molar-refractivity contribution is -0.894. The Balaban J connectivity index is 0. The van der Waals surface area contributed by atoms with Gasteiger partial charge in [-0.2, -0.15) is 26.3 Å². The standard InChI is InChI=1S/2C7H7F3NO.2ClH/c2*8-7(9,10)6-12-11-4-2-1-3-5-11;;/h2*1-5H,6H2;2*1H/q2*+1;;/p-2. The van der Waals surface area contributed by atoms with Crippen LogP contribution in [0.25, 0.3) is 0 Å². The van der Waals surface area contributed by atoms with Crippen LogP contribution in [0.2, 0.25) is 0 Å².